The molecule has 305 valence electrons. The van der Waals surface area contributed by atoms with Gasteiger partial charge in [0, 0.05) is 46.6 Å². The summed E-state index contributed by atoms with van der Waals surface area (Å²) in [6.07, 6.45) is 4.79. The Kier molecular flexibility index (Phi) is 12.0. The van der Waals surface area contributed by atoms with Gasteiger partial charge in [0.1, 0.15) is 0 Å². The second kappa shape index (κ2) is 17.4. The molecule has 0 fully saturated rings. The summed E-state index contributed by atoms with van der Waals surface area (Å²) in [5, 5.41) is 2.34. The Morgan fingerprint density at radius 1 is 0.780 bits per heavy atom. The molecular formula is C53H57IrN3OSi-2. The maximum absolute atomic E-state index is 8.70. The molecule has 8 rings (SSSR count). The first-order valence-electron chi connectivity index (χ1n) is 21.3. The number of furan rings is 1. The van der Waals surface area contributed by atoms with Gasteiger partial charge in [-0.05, 0) is 94.9 Å². The summed E-state index contributed by atoms with van der Waals surface area (Å²) in [6, 6.07) is 42.3. The molecule has 0 atom stereocenters. The summed E-state index contributed by atoms with van der Waals surface area (Å²) in [4.78, 5) is 9.74. The largest absolute Gasteiger partial charge is 0.557 e. The average molecular weight is 974 g/mol. The minimum atomic E-state index is -1.52. The number of imidazole rings is 1. The number of aromatic nitrogens is 3. The molecule has 0 amide bonds. The van der Waals surface area contributed by atoms with Gasteiger partial charge < -0.3 is 14.0 Å². The standard InChI is InChI=1S/C34H31N2O.C19H26NSi.Ir/c1-22-17-26(18-23(2)32(22)25-11-7-6-8-12-25)36-30-14-10-9-13-29(30)35-33(36)28-21-37-31-19-24(15-16-27(28)31)20-34(3,4)5;1-19(2,3)13-16-12-17(15-10-8-7-9-11-15)20-14-18(16)21(4,5)6;/h6-19H,20H2,1-5H3;7-10,12,14H,13H2,1-6H3;/q2*-1;/i20D2;;. The Labute approximate surface area is 369 Å². The Bertz CT molecular complexity index is 2770. The zero-order valence-corrected chi connectivity index (χ0v) is 39.7. The smallest absolute Gasteiger partial charge is 0.0798 e. The first kappa shape index (κ1) is 40.9. The van der Waals surface area contributed by atoms with Gasteiger partial charge in [-0.2, -0.15) is 0 Å². The third-order valence-electron chi connectivity index (χ3n) is 10.2. The van der Waals surface area contributed by atoms with Crippen molar-refractivity contribution in [3.05, 3.63) is 156 Å². The molecule has 4 nitrogen and oxygen atoms in total. The number of para-hydroxylation sites is 2. The van der Waals surface area contributed by atoms with E-state index in [1.807, 2.05) is 75.4 Å². The van der Waals surface area contributed by atoms with Gasteiger partial charge in [-0.3, -0.25) is 4.98 Å². The van der Waals surface area contributed by atoms with Crippen LogP contribution in [0.5, 0.6) is 0 Å². The molecule has 1 radical (unpaired) electrons. The predicted molar refractivity (Wildman–Crippen MR) is 248 cm³/mol. The Hall–Kier alpha value is -4.87. The van der Waals surface area contributed by atoms with Gasteiger partial charge in [0.05, 0.1) is 24.9 Å². The number of hydrogen-bond acceptors (Lipinski definition) is 3. The van der Waals surface area contributed by atoms with Crippen molar-refractivity contribution in [1.82, 2.24) is 14.5 Å². The van der Waals surface area contributed by atoms with Crippen LogP contribution in [0.1, 0.15) is 66.5 Å². The predicted octanol–water partition coefficient (Wildman–Crippen LogP) is 13.8. The van der Waals surface area contributed by atoms with Gasteiger partial charge >= 0.3 is 0 Å². The molecule has 0 saturated heterocycles. The number of benzene rings is 5. The summed E-state index contributed by atoms with van der Waals surface area (Å²) in [7, 11) is -1.37. The maximum Gasteiger partial charge on any atom is 0.0798 e. The summed E-state index contributed by atoms with van der Waals surface area (Å²) in [5.74, 6) is 0.743. The fraction of sp³-hybridized carbons (Fsp3) is 0.283. The van der Waals surface area contributed by atoms with Gasteiger partial charge in [0.15, 0.2) is 0 Å². The SMILES string of the molecule is CC(C)(C)Cc1cc(-c2[c-]cccc2)ncc1[Si](C)(C)C.[2H]C([2H])(c1ccc2c(-c3nc4ccccc4n3-c3cc(C)c(-c4ccccc4)c(C)c3)[c-]oc2c1)C(C)(C)C.[Ir]. The zero-order chi connectivity index (χ0) is 43.2. The van der Waals surface area contributed by atoms with Crippen molar-refractivity contribution in [3.8, 4) is 39.5 Å². The van der Waals surface area contributed by atoms with E-state index < -0.39 is 19.9 Å². The summed E-state index contributed by atoms with van der Waals surface area (Å²) in [5.41, 5.74) is 13.0. The van der Waals surface area contributed by atoms with E-state index in [9.17, 15) is 0 Å². The molecule has 0 saturated carbocycles. The fourth-order valence-corrected chi connectivity index (χ4v) is 9.40. The summed E-state index contributed by atoms with van der Waals surface area (Å²) in [6.45, 7) is 24.1. The van der Waals surface area contributed by atoms with E-state index in [1.54, 1.807) is 6.07 Å². The van der Waals surface area contributed by atoms with E-state index in [1.165, 1.54) is 33.0 Å². The minimum Gasteiger partial charge on any atom is -0.557 e. The molecule has 0 spiro atoms. The molecule has 0 aliphatic carbocycles. The molecule has 0 bridgehead atoms. The van der Waals surface area contributed by atoms with E-state index in [0.717, 1.165) is 51.2 Å². The second-order valence-corrected chi connectivity index (χ2v) is 23.8. The molecular weight excluding hydrogens is 915 g/mol. The maximum atomic E-state index is 8.70. The van der Waals surface area contributed by atoms with Crippen LogP contribution >= 0.6 is 0 Å². The van der Waals surface area contributed by atoms with Gasteiger partial charge in [0.25, 0.3) is 0 Å². The molecule has 0 aliphatic rings. The van der Waals surface area contributed by atoms with Crippen LogP contribution in [0.4, 0.5) is 0 Å². The van der Waals surface area contributed by atoms with Crippen LogP contribution in [0.3, 0.4) is 0 Å². The molecule has 0 unspecified atom stereocenters. The van der Waals surface area contributed by atoms with Gasteiger partial charge in [-0.15, -0.1) is 42.0 Å². The molecule has 8 aromatic rings. The van der Waals surface area contributed by atoms with Gasteiger partial charge in [-0.25, -0.2) is 0 Å². The number of fused-ring (bicyclic) bond motifs is 2. The quantitative estimate of drug-likeness (QED) is 0.118. The Morgan fingerprint density at radius 3 is 2.10 bits per heavy atom. The fourth-order valence-electron chi connectivity index (χ4n) is 7.83. The number of nitrogens with zero attached hydrogens (tertiary/aromatic N) is 3. The third kappa shape index (κ3) is 10.1. The van der Waals surface area contributed by atoms with Crippen LogP contribution in [-0.4, -0.2) is 22.6 Å². The third-order valence-corrected chi connectivity index (χ3v) is 12.2. The average Bonchev–Trinajstić information content (AvgIpc) is 3.78. The van der Waals surface area contributed by atoms with Crippen LogP contribution in [0.15, 0.2) is 126 Å². The molecule has 0 aliphatic heterocycles. The van der Waals surface area contributed by atoms with Crippen molar-refractivity contribution in [2.75, 3.05) is 0 Å². The van der Waals surface area contributed by atoms with Crippen molar-refractivity contribution < 1.29 is 27.3 Å². The normalized spacial score (nSPS) is 12.7. The van der Waals surface area contributed by atoms with Crippen LogP contribution in [0.25, 0.3) is 61.5 Å². The Balaban J connectivity index is 0.000000240. The van der Waals surface area contributed by atoms with E-state index in [2.05, 4.69) is 132 Å². The minimum absolute atomic E-state index is 0. The molecule has 3 aromatic heterocycles. The van der Waals surface area contributed by atoms with Crippen LogP contribution in [-0.2, 0) is 32.9 Å². The monoisotopic (exact) mass is 974 g/mol. The van der Waals surface area contributed by atoms with Crippen LogP contribution < -0.4 is 5.19 Å². The van der Waals surface area contributed by atoms with Crippen LogP contribution in [0, 0.1) is 37.0 Å². The van der Waals surface area contributed by atoms with E-state index in [4.69, 9.17) is 17.1 Å². The zero-order valence-electron chi connectivity index (χ0n) is 38.3. The van der Waals surface area contributed by atoms with E-state index >= 15 is 0 Å². The van der Waals surface area contributed by atoms with E-state index in [-0.39, 0.29) is 25.5 Å². The first-order chi connectivity index (χ1) is 28.2. The molecule has 5 aromatic carbocycles. The van der Waals surface area contributed by atoms with Gasteiger partial charge in [-0.1, -0.05) is 144 Å². The molecule has 6 heteroatoms. The number of rotatable bonds is 7. The van der Waals surface area contributed by atoms with Crippen molar-refractivity contribution in [3.63, 3.8) is 0 Å². The molecule has 3 heterocycles. The van der Waals surface area contributed by atoms with Gasteiger partial charge in [0.2, 0.25) is 0 Å². The molecule has 0 N–H and O–H groups in total. The molecule has 59 heavy (non-hydrogen) atoms. The summed E-state index contributed by atoms with van der Waals surface area (Å²) >= 11 is 0. The van der Waals surface area contributed by atoms with Crippen molar-refractivity contribution in [1.29, 1.82) is 0 Å². The Morgan fingerprint density at radius 2 is 1.46 bits per heavy atom. The van der Waals surface area contributed by atoms with Crippen molar-refractivity contribution >= 4 is 35.3 Å². The number of aryl methyl sites for hydroxylation is 2. The second-order valence-electron chi connectivity index (χ2n) is 18.7. The number of hydrogen-bond donors (Lipinski definition) is 0. The van der Waals surface area contributed by atoms with E-state index in [0.29, 0.717) is 11.1 Å². The topological polar surface area (TPSA) is 43.9 Å². The number of pyridine rings is 1. The first-order valence-corrected chi connectivity index (χ1v) is 23.8. The summed E-state index contributed by atoms with van der Waals surface area (Å²) < 4.78 is 25.5. The van der Waals surface area contributed by atoms with Crippen molar-refractivity contribution in [2.45, 2.75) is 87.8 Å². The van der Waals surface area contributed by atoms with Crippen LogP contribution in [0.2, 0.25) is 19.6 Å². The van der Waals surface area contributed by atoms with Crippen molar-refractivity contribution in [2.24, 2.45) is 10.8 Å².